The molecular formula is C11H19ClN4O2. The van der Waals surface area contributed by atoms with Gasteiger partial charge in [-0.1, -0.05) is 0 Å². The number of ether oxygens (including phenoxy) is 1. The monoisotopic (exact) mass is 274 g/mol. The number of aromatic nitrogens is 2. The van der Waals surface area contributed by atoms with Crippen LogP contribution >= 0.6 is 12.4 Å². The number of nitrogens with one attached hydrogen (secondary N) is 2. The molecule has 1 aromatic heterocycles. The van der Waals surface area contributed by atoms with Crippen LogP contribution in [0.1, 0.15) is 6.42 Å². The molecule has 0 bridgehead atoms. The smallest absolute Gasteiger partial charge is 0.250 e. The number of carbonyl (C=O) groups excluding carboxylic acids is 1. The summed E-state index contributed by atoms with van der Waals surface area (Å²) in [5, 5.41) is 10.1. The number of rotatable bonds is 5. The molecule has 2 N–H and O–H groups in total. The minimum atomic E-state index is -0.339. The van der Waals surface area contributed by atoms with E-state index < -0.39 is 0 Å². The van der Waals surface area contributed by atoms with E-state index in [1.54, 1.807) is 6.20 Å². The summed E-state index contributed by atoms with van der Waals surface area (Å²) in [6.45, 7) is 3.50. The maximum atomic E-state index is 11.7. The molecule has 2 rings (SSSR count). The highest BCUT2D eigenvalue weighted by atomic mass is 35.5. The minimum Gasteiger partial charge on any atom is -0.366 e. The van der Waals surface area contributed by atoms with Gasteiger partial charge >= 0.3 is 0 Å². The lowest BCUT2D eigenvalue weighted by Gasteiger charge is -2.22. The van der Waals surface area contributed by atoms with Crippen molar-refractivity contribution in [1.29, 1.82) is 0 Å². The zero-order chi connectivity index (χ0) is 11.9. The van der Waals surface area contributed by atoms with Crippen LogP contribution in [0.3, 0.4) is 0 Å². The molecule has 0 spiro atoms. The van der Waals surface area contributed by atoms with E-state index in [1.165, 1.54) is 0 Å². The van der Waals surface area contributed by atoms with E-state index in [0.717, 1.165) is 19.5 Å². The van der Waals surface area contributed by atoms with Gasteiger partial charge in [-0.05, 0) is 12.5 Å². The minimum absolute atomic E-state index is 0. The van der Waals surface area contributed by atoms with Gasteiger partial charge < -0.3 is 15.4 Å². The molecule has 18 heavy (non-hydrogen) atoms. The standard InChI is InChI=1S/C11H18N4O2.ClH/c16-11(10-9-12-5-8-17-10)13-3-1-6-15-7-2-4-14-15;/h2,4,7,10,12H,1,3,5-6,8-9H2,(H,13,16);1H. The quantitative estimate of drug-likeness (QED) is 0.730. The second-order valence-corrected chi connectivity index (χ2v) is 3.98. The van der Waals surface area contributed by atoms with Crippen molar-refractivity contribution in [2.75, 3.05) is 26.2 Å². The molecule has 0 radical (unpaired) electrons. The second kappa shape index (κ2) is 8.07. The van der Waals surface area contributed by atoms with Gasteiger partial charge in [-0.15, -0.1) is 12.4 Å². The lowest BCUT2D eigenvalue weighted by atomic mass is 10.3. The summed E-state index contributed by atoms with van der Waals surface area (Å²) in [6, 6.07) is 1.89. The molecule has 1 amide bonds. The summed E-state index contributed by atoms with van der Waals surface area (Å²) >= 11 is 0. The summed E-state index contributed by atoms with van der Waals surface area (Å²) in [5.41, 5.74) is 0. The molecule has 1 aromatic rings. The Labute approximate surface area is 112 Å². The third kappa shape index (κ3) is 4.64. The summed E-state index contributed by atoms with van der Waals surface area (Å²) < 4.78 is 7.20. The van der Waals surface area contributed by atoms with Crippen molar-refractivity contribution in [3.63, 3.8) is 0 Å². The Morgan fingerprint density at radius 3 is 3.17 bits per heavy atom. The first-order valence-electron chi connectivity index (χ1n) is 5.94. The van der Waals surface area contributed by atoms with E-state index in [0.29, 0.717) is 19.7 Å². The van der Waals surface area contributed by atoms with E-state index in [-0.39, 0.29) is 24.4 Å². The van der Waals surface area contributed by atoms with Gasteiger partial charge in [0, 0.05) is 38.6 Å². The molecule has 102 valence electrons. The van der Waals surface area contributed by atoms with E-state index in [4.69, 9.17) is 4.74 Å². The third-order valence-corrected chi connectivity index (χ3v) is 2.64. The summed E-state index contributed by atoms with van der Waals surface area (Å²) in [5.74, 6) is -0.0299. The molecule has 6 nitrogen and oxygen atoms in total. The van der Waals surface area contributed by atoms with Crippen LogP contribution in [0.5, 0.6) is 0 Å². The molecule has 1 saturated heterocycles. The number of amides is 1. The molecule has 1 fully saturated rings. The fourth-order valence-electron chi connectivity index (χ4n) is 1.73. The number of hydrogen-bond acceptors (Lipinski definition) is 4. The Bertz CT molecular complexity index is 339. The summed E-state index contributed by atoms with van der Waals surface area (Å²) in [6.07, 6.45) is 4.19. The molecule has 7 heteroatoms. The SMILES string of the molecule is Cl.O=C(NCCCn1cccn1)C1CNCCO1. The van der Waals surface area contributed by atoms with Crippen LogP contribution < -0.4 is 10.6 Å². The molecule has 0 aromatic carbocycles. The van der Waals surface area contributed by atoms with Crippen molar-refractivity contribution in [2.24, 2.45) is 0 Å². The molecule has 2 heterocycles. The zero-order valence-corrected chi connectivity index (χ0v) is 11.0. The van der Waals surface area contributed by atoms with Crippen molar-refractivity contribution in [2.45, 2.75) is 19.1 Å². The zero-order valence-electron chi connectivity index (χ0n) is 10.2. The van der Waals surface area contributed by atoms with Gasteiger partial charge in [-0.2, -0.15) is 5.10 Å². The van der Waals surface area contributed by atoms with Gasteiger partial charge in [0.25, 0.3) is 0 Å². The van der Waals surface area contributed by atoms with Crippen LogP contribution in [0.25, 0.3) is 0 Å². The van der Waals surface area contributed by atoms with E-state index in [1.807, 2.05) is 16.9 Å². The van der Waals surface area contributed by atoms with Gasteiger partial charge in [0.1, 0.15) is 6.10 Å². The van der Waals surface area contributed by atoms with Crippen LogP contribution in [-0.4, -0.2) is 48.0 Å². The largest absolute Gasteiger partial charge is 0.366 e. The highest BCUT2D eigenvalue weighted by Crippen LogP contribution is 1.96. The van der Waals surface area contributed by atoms with Gasteiger partial charge in [0.05, 0.1) is 6.61 Å². The highest BCUT2D eigenvalue weighted by Gasteiger charge is 2.20. The first kappa shape index (κ1) is 14.9. The Hall–Kier alpha value is -1.11. The molecule has 1 aliphatic rings. The average molecular weight is 275 g/mol. The number of hydrogen-bond donors (Lipinski definition) is 2. The van der Waals surface area contributed by atoms with Crippen molar-refractivity contribution >= 4 is 18.3 Å². The molecule has 0 saturated carbocycles. The van der Waals surface area contributed by atoms with Crippen LogP contribution in [0.2, 0.25) is 0 Å². The predicted molar refractivity (Wildman–Crippen MR) is 69.7 cm³/mol. The second-order valence-electron chi connectivity index (χ2n) is 3.98. The van der Waals surface area contributed by atoms with Crippen LogP contribution in [-0.2, 0) is 16.1 Å². The number of aryl methyl sites for hydroxylation is 1. The van der Waals surface area contributed by atoms with Crippen molar-refractivity contribution in [1.82, 2.24) is 20.4 Å². The molecular weight excluding hydrogens is 256 g/mol. The molecule has 1 aliphatic heterocycles. The first-order valence-corrected chi connectivity index (χ1v) is 5.94. The summed E-state index contributed by atoms with van der Waals surface area (Å²) in [4.78, 5) is 11.7. The molecule has 1 unspecified atom stereocenters. The predicted octanol–water partition coefficient (Wildman–Crippen LogP) is -0.200. The Kier molecular flexibility index (Phi) is 6.70. The van der Waals surface area contributed by atoms with Gasteiger partial charge in [-0.25, -0.2) is 0 Å². The van der Waals surface area contributed by atoms with Gasteiger partial charge in [-0.3, -0.25) is 9.48 Å². The number of carbonyl (C=O) groups is 1. The molecule has 0 aliphatic carbocycles. The normalized spacial score (nSPS) is 19.0. The maximum absolute atomic E-state index is 11.7. The Morgan fingerprint density at radius 1 is 1.61 bits per heavy atom. The lowest BCUT2D eigenvalue weighted by molar-refractivity contribution is -0.134. The van der Waals surface area contributed by atoms with Crippen LogP contribution in [0, 0.1) is 0 Å². The highest BCUT2D eigenvalue weighted by molar-refractivity contribution is 5.85. The average Bonchev–Trinajstić information content (AvgIpc) is 2.88. The van der Waals surface area contributed by atoms with E-state index in [9.17, 15) is 4.79 Å². The Balaban J connectivity index is 0.00000162. The fraction of sp³-hybridized carbons (Fsp3) is 0.636. The van der Waals surface area contributed by atoms with E-state index in [2.05, 4.69) is 15.7 Å². The number of halogens is 1. The van der Waals surface area contributed by atoms with Crippen molar-refractivity contribution in [3.8, 4) is 0 Å². The van der Waals surface area contributed by atoms with Gasteiger partial charge in [0.15, 0.2) is 0 Å². The fourth-order valence-corrected chi connectivity index (χ4v) is 1.73. The maximum Gasteiger partial charge on any atom is 0.250 e. The molecule has 1 atom stereocenters. The lowest BCUT2D eigenvalue weighted by Crippen LogP contribution is -2.48. The first-order chi connectivity index (χ1) is 8.36. The topological polar surface area (TPSA) is 68.2 Å². The Morgan fingerprint density at radius 2 is 2.50 bits per heavy atom. The number of nitrogens with zero attached hydrogens (tertiary/aromatic N) is 2. The summed E-state index contributed by atoms with van der Waals surface area (Å²) in [7, 11) is 0. The van der Waals surface area contributed by atoms with Crippen molar-refractivity contribution < 1.29 is 9.53 Å². The van der Waals surface area contributed by atoms with Gasteiger partial charge in [0.2, 0.25) is 5.91 Å². The van der Waals surface area contributed by atoms with E-state index >= 15 is 0 Å². The van der Waals surface area contributed by atoms with Crippen molar-refractivity contribution in [3.05, 3.63) is 18.5 Å². The van der Waals surface area contributed by atoms with Crippen LogP contribution in [0.4, 0.5) is 0 Å². The van der Waals surface area contributed by atoms with Crippen LogP contribution in [0.15, 0.2) is 18.5 Å². The third-order valence-electron chi connectivity index (χ3n) is 2.64. The number of morpholine rings is 1.